The second-order valence-corrected chi connectivity index (χ2v) is 4.95. The van der Waals surface area contributed by atoms with Crippen molar-refractivity contribution >= 4 is 17.3 Å². The van der Waals surface area contributed by atoms with Crippen LogP contribution >= 0.6 is 0 Å². The number of anilines is 2. The van der Waals surface area contributed by atoms with Gasteiger partial charge in [-0.15, -0.1) is 0 Å². The highest BCUT2D eigenvalue weighted by Crippen LogP contribution is 2.22. The average Bonchev–Trinajstić information content (AvgIpc) is 2.40. The number of nitrogen functional groups attached to an aromatic ring is 1. The molecule has 3 N–H and O–H groups in total. The minimum absolute atomic E-state index is 0.147. The van der Waals surface area contributed by atoms with Crippen LogP contribution in [-0.4, -0.2) is 37.4 Å². The van der Waals surface area contributed by atoms with Gasteiger partial charge in [0.15, 0.2) is 0 Å². The Kier molecular flexibility index (Phi) is 4.27. The fourth-order valence-corrected chi connectivity index (χ4v) is 2.33. The third-order valence-electron chi connectivity index (χ3n) is 3.46. The Morgan fingerprint density at radius 1 is 1.53 bits per heavy atom. The van der Waals surface area contributed by atoms with Crippen LogP contribution in [0.4, 0.5) is 11.4 Å². The van der Waals surface area contributed by atoms with E-state index in [1.165, 1.54) is 6.42 Å². The Morgan fingerprint density at radius 3 is 2.95 bits per heavy atom. The molecular formula is C14H20N2O3. The van der Waals surface area contributed by atoms with E-state index in [2.05, 4.69) is 0 Å². The molecule has 1 aliphatic rings. The number of carboxylic acid groups (broad SMARTS) is 1. The number of nitrogens with zero attached hydrogens (tertiary/aromatic N) is 1. The number of hydrogen-bond donors (Lipinski definition) is 2. The molecule has 1 unspecified atom stereocenters. The largest absolute Gasteiger partial charge is 0.478 e. The zero-order chi connectivity index (χ0) is 13.8. The molecule has 1 fully saturated rings. The standard InChI is InChI=1S/C14H20N2O3/c1-16(9-11-4-2-3-7-19-11)10-5-6-13(15)12(8-10)14(17)18/h5-6,8,11H,2-4,7,9,15H2,1H3,(H,17,18). The van der Waals surface area contributed by atoms with Gasteiger partial charge < -0.3 is 20.5 Å². The number of rotatable bonds is 4. The highest BCUT2D eigenvalue weighted by Gasteiger charge is 2.17. The number of likely N-dealkylation sites (N-methyl/N-ethyl adjacent to an activating group) is 1. The van der Waals surface area contributed by atoms with Crippen LogP contribution in [0.25, 0.3) is 0 Å². The highest BCUT2D eigenvalue weighted by molar-refractivity contribution is 5.94. The van der Waals surface area contributed by atoms with Gasteiger partial charge in [-0.25, -0.2) is 4.79 Å². The molecule has 1 aliphatic heterocycles. The second kappa shape index (κ2) is 5.93. The zero-order valence-electron chi connectivity index (χ0n) is 11.1. The number of aromatic carboxylic acids is 1. The predicted molar refractivity (Wildman–Crippen MR) is 74.7 cm³/mol. The Hall–Kier alpha value is -1.75. The van der Waals surface area contributed by atoms with Gasteiger partial charge in [-0.05, 0) is 37.5 Å². The lowest BCUT2D eigenvalue weighted by Crippen LogP contribution is -2.33. The van der Waals surface area contributed by atoms with Crippen LogP contribution in [-0.2, 0) is 4.74 Å². The third-order valence-corrected chi connectivity index (χ3v) is 3.46. The van der Waals surface area contributed by atoms with Gasteiger partial charge in [0.1, 0.15) is 0 Å². The molecule has 0 amide bonds. The van der Waals surface area contributed by atoms with Crippen molar-refractivity contribution in [1.29, 1.82) is 0 Å². The fourth-order valence-electron chi connectivity index (χ4n) is 2.33. The summed E-state index contributed by atoms with van der Waals surface area (Å²) in [6.07, 6.45) is 3.61. The molecule has 1 heterocycles. The van der Waals surface area contributed by atoms with E-state index in [4.69, 9.17) is 15.6 Å². The molecule has 1 aromatic carbocycles. The maximum absolute atomic E-state index is 11.1. The van der Waals surface area contributed by atoms with E-state index in [1.807, 2.05) is 18.0 Å². The van der Waals surface area contributed by atoms with Crippen molar-refractivity contribution in [2.24, 2.45) is 0 Å². The first-order valence-electron chi connectivity index (χ1n) is 6.53. The van der Waals surface area contributed by atoms with Crippen molar-refractivity contribution in [2.45, 2.75) is 25.4 Å². The smallest absolute Gasteiger partial charge is 0.337 e. The Morgan fingerprint density at radius 2 is 2.32 bits per heavy atom. The third kappa shape index (κ3) is 3.38. The highest BCUT2D eigenvalue weighted by atomic mass is 16.5. The summed E-state index contributed by atoms with van der Waals surface area (Å²) in [5, 5.41) is 9.07. The van der Waals surface area contributed by atoms with E-state index >= 15 is 0 Å². The molecule has 0 spiro atoms. The Bertz CT molecular complexity index is 456. The molecule has 1 atom stereocenters. The number of carbonyl (C=O) groups is 1. The fraction of sp³-hybridized carbons (Fsp3) is 0.500. The first-order valence-corrected chi connectivity index (χ1v) is 6.53. The Balaban J connectivity index is 2.07. The van der Waals surface area contributed by atoms with Gasteiger partial charge in [0.25, 0.3) is 0 Å². The average molecular weight is 264 g/mol. The van der Waals surface area contributed by atoms with E-state index in [0.29, 0.717) is 5.69 Å². The summed E-state index contributed by atoms with van der Waals surface area (Å²) < 4.78 is 5.69. The van der Waals surface area contributed by atoms with E-state index in [-0.39, 0.29) is 11.7 Å². The molecule has 0 saturated carbocycles. The summed E-state index contributed by atoms with van der Waals surface area (Å²) in [6.45, 7) is 1.59. The molecule has 0 radical (unpaired) electrons. The van der Waals surface area contributed by atoms with Crippen LogP contribution in [0, 0.1) is 0 Å². The molecule has 2 rings (SSSR count). The molecule has 5 heteroatoms. The Labute approximate surface area is 113 Å². The number of hydrogen-bond acceptors (Lipinski definition) is 4. The maximum atomic E-state index is 11.1. The van der Waals surface area contributed by atoms with Crippen LogP contribution in [0.15, 0.2) is 18.2 Å². The van der Waals surface area contributed by atoms with Crippen LogP contribution in [0.2, 0.25) is 0 Å². The summed E-state index contributed by atoms with van der Waals surface area (Å²) in [7, 11) is 1.94. The summed E-state index contributed by atoms with van der Waals surface area (Å²) in [6, 6.07) is 5.09. The van der Waals surface area contributed by atoms with Gasteiger partial charge in [-0.3, -0.25) is 0 Å². The van der Waals surface area contributed by atoms with Crippen molar-refractivity contribution in [3.63, 3.8) is 0 Å². The van der Waals surface area contributed by atoms with E-state index in [0.717, 1.165) is 31.7 Å². The lowest BCUT2D eigenvalue weighted by atomic mass is 10.1. The molecule has 1 saturated heterocycles. The minimum atomic E-state index is -0.998. The summed E-state index contributed by atoms with van der Waals surface area (Å²) in [4.78, 5) is 13.1. The molecule has 0 aliphatic carbocycles. The van der Waals surface area contributed by atoms with E-state index in [1.54, 1.807) is 12.1 Å². The zero-order valence-corrected chi connectivity index (χ0v) is 11.1. The quantitative estimate of drug-likeness (QED) is 0.813. The number of nitrogens with two attached hydrogens (primary N) is 1. The monoisotopic (exact) mass is 264 g/mol. The molecule has 0 aromatic heterocycles. The maximum Gasteiger partial charge on any atom is 0.337 e. The van der Waals surface area contributed by atoms with Crippen molar-refractivity contribution in [2.75, 3.05) is 30.8 Å². The first kappa shape index (κ1) is 13.7. The lowest BCUT2D eigenvalue weighted by Gasteiger charge is -2.28. The van der Waals surface area contributed by atoms with Crippen LogP contribution < -0.4 is 10.6 Å². The molecule has 5 nitrogen and oxygen atoms in total. The normalized spacial score (nSPS) is 19.1. The van der Waals surface area contributed by atoms with Crippen molar-refractivity contribution in [1.82, 2.24) is 0 Å². The van der Waals surface area contributed by atoms with Crippen molar-refractivity contribution < 1.29 is 14.6 Å². The molecule has 1 aromatic rings. The predicted octanol–water partition coefficient (Wildman–Crippen LogP) is 1.97. The molecular weight excluding hydrogens is 244 g/mol. The minimum Gasteiger partial charge on any atom is -0.478 e. The number of benzene rings is 1. The van der Waals surface area contributed by atoms with Crippen LogP contribution in [0.5, 0.6) is 0 Å². The van der Waals surface area contributed by atoms with Gasteiger partial charge >= 0.3 is 5.97 Å². The summed E-state index contributed by atoms with van der Waals surface area (Å²) in [5.74, 6) is -0.998. The lowest BCUT2D eigenvalue weighted by molar-refractivity contribution is 0.0216. The van der Waals surface area contributed by atoms with Gasteiger partial charge in [0.05, 0.1) is 11.7 Å². The molecule has 0 bridgehead atoms. The van der Waals surface area contributed by atoms with Gasteiger partial charge in [-0.2, -0.15) is 0 Å². The second-order valence-electron chi connectivity index (χ2n) is 4.95. The van der Waals surface area contributed by atoms with Gasteiger partial charge in [-0.1, -0.05) is 0 Å². The van der Waals surface area contributed by atoms with E-state index in [9.17, 15) is 4.79 Å². The van der Waals surface area contributed by atoms with Crippen molar-refractivity contribution in [3.05, 3.63) is 23.8 Å². The first-order chi connectivity index (χ1) is 9.08. The van der Waals surface area contributed by atoms with Gasteiger partial charge in [0.2, 0.25) is 0 Å². The van der Waals surface area contributed by atoms with Crippen LogP contribution in [0.1, 0.15) is 29.6 Å². The molecule has 19 heavy (non-hydrogen) atoms. The summed E-state index contributed by atoms with van der Waals surface area (Å²) >= 11 is 0. The number of ether oxygens (including phenoxy) is 1. The molecule has 104 valence electrons. The number of carboxylic acids is 1. The van der Waals surface area contributed by atoms with Gasteiger partial charge in [0, 0.05) is 31.6 Å². The van der Waals surface area contributed by atoms with Crippen LogP contribution in [0.3, 0.4) is 0 Å². The van der Waals surface area contributed by atoms with Crippen molar-refractivity contribution in [3.8, 4) is 0 Å². The SMILES string of the molecule is CN(CC1CCCCO1)c1ccc(N)c(C(=O)O)c1. The van der Waals surface area contributed by atoms with E-state index < -0.39 is 5.97 Å². The summed E-state index contributed by atoms with van der Waals surface area (Å²) in [5.41, 5.74) is 6.94. The topological polar surface area (TPSA) is 75.8 Å².